The first-order valence-electron chi connectivity index (χ1n) is 5.07. The lowest BCUT2D eigenvalue weighted by Gasteiger charge is -2.24. The molecule has 82 valence electrons. The molecule has 0 fully saturated rings. The second kappa shape index (κ2) is 3.95. The Labute approximate surface area is 93.8 Å². The van der Waals surface area contributed by atoms with Gasteiger partial charge in [-0.05, 0) is 6.07 Å². The van der Waals surface area contributed by atoms with Gasteiger partial charge in [-0.1, -0.05) is 18.2 Å². The van der Waals surface area contributed by atoms with Gasteiger partial charge in [0.15, 0.2) is 5.60 Å². The molecule has 1 N–H and O–H groups in total. The van der Waals surface area contributed by atoms with Gasteiger partial charge in [-0.3, -0.25) is 4.79 Å². The quantitative estimate of drug-likeness (QED) is 0.837. The summed E-state index contributed by atoms with van der Waals surface area (Å²) in [5, 5.41) is 11.4. The number of methoxy groups -OCH3 is 1. The van der Waals surface area contributed by atoms with Crippen LogP contribution in [0.2, 0.25) is 0 Å². The van der Waals surface area contributed by atoms with E-state index in [0.717, 1.165) is 11.3 Å². The van der Waals surface area contributed by atoms with E-state index in [-0.39, 0.29) is 12.3 Å². The van der Waals surface area contributed by atoms with Crippen LogP contribution >= 0.6 is 0 Å². The number of rotatable bonds is 3. The maximum Gasteiger partial charge on any atom is 0.261 e. The van der Waals surface area contributed by atoms with E-state index in [2.05, 4.69) is 5.32 Å². The number of benzene rings is 1. The number of hydrogen-bond acceptors (Lipinski definition) is 3. The lowest BCUT2D eigenvalue weighted by Crippen LogP contribution is -2.36. The predicted octanol–water partition coefficient (Wildman–Crippen LogP) is 1.78. The highest BCUT2D eigenvalue weighted by atomic mass is 16.5. The number of anilines is 1. The number of nitrogens with zero attached hydrogens (tertiary/aromatic N) is 1. The normalized spacial score (nSPS) is 22.4. The molecule has 4 heteroatoms. The van der Waals surface area contributed by atoms with E-state index in [1.54, 1.807) is 0 Å². The van der Waals surface area contributed by atoms with Crippen LogP contribution in [-0.2, 0) is 15.1 Å². The zero-order chi connectivity index (χ0) is 11.6. The van der Waals surface area contributed by atoms with Crippen LogP contribution in [0.15, 0.2) is 24.3 Å². The SMILES string of the molecule is COC1(CCC#N)C(=O)Nc2ccccc21. The van der Waals surface area contributed by atoms with Crippen molar-refractivity contribution in [3.05, 3.63) is 29.8 Å². The summed E-state index contributed by atoms with van der Waals surface area (Å²) in [5.74, 6) is -0.188. The molecule has 1 aromatic rings. The van der Waals surface area contributed by atoms with Crippen LogP contribution in [0.1, 0.15) is 18.4 Å². The fourth-order valence-corrected chi connectivity index (χ4v) is 2.07. The number of carbonyl (C=O) groups excluding carboxylic acids is 1. The summed E-state index contributed by atoms with van der Waals surface area (Å²) < 4.78 is 5.38. The molecule has 1 heterocycles. The molecule has 2 rings (SSSR count). The molecule has 0 radical (unpaired) electrons. The van der Waals surface area contributed by atoms with Crippen molar-refractivity contribution < 1.29 is 9.53 Å². The summed E-state index contributed by atoms with van der Waals surface area (Å²) >= 11 is 0. The molecule has 0 spiro atoms. The zero-order valence-corrected chi connectivity index (χ0v) is 8.99. The van der Waals surface area contributed by atoms with E-state index < -0.39 is 5.60 Å². The van der Waals surface area contributed by atoms with Crippen molar-refractivity contribution >= 4 is 11.6 Å². The Hall–Kier alpha value is -1.86. The molecule has 1 atom stereocenters. The van der Waals surface area contributed by atoms with E-state index in [0.29, 0.717) is 6.42 Å². The van der Waals surface area contributed by atoms with Crippen molar-refractivity contribution in [2.24, 2.45) is 0 Å². The summed E-state index contributed by atoms with van der Waals surface area (Å²) in [6.45, 7) is 0. The minimum absolute atomic E-state index is 0.188. The Balaban J connectivity index is 2.46. The number of para-hydroxylation sites is 1. The van der Waals surface area contributed by atoms with Crippen LogP contribution in [0.25, 0.3) is 0 Å². The predicted molar refractivity (Wildman–Crippen MR) is 58.6 cm³/mol. The third-order valence-electron chi connectivity index (χ3n) is 2.91. The average Bonchev–Trinajstić information content (AvgIpc) is 2.59. The van der Waals surface area contributed by atoms with Crippen molar-refractivity contribution in [3.8, 4) is 6.07 Å². The lowest BCUT2D eigenvalue weighted by atomic mass is 9.90. The second-order valence-electron chi connectivity index (χ2n) is 3.69. The molecule has 16 heavy (non-hydrogen) atoms. The van der Waals surface area contributed by atoms with Crippen LogP contribution in [0.5, 0.6) is 0 Å². The van der Waals surface area contributed by atoms with E-state index in [1.165, 1.54) is 7.11 Å². The molecule has 1 amide bonds. The summed E-state index contributed by atoms with van der Waals surface area (Å²) in [6, 6.07) is 9.45. The first-order chi connectivity index (χ1) is 7.74. The second-order valence-corrected chi connectivity index (χ2v) is 3.69. The van der Waals surface area contributed by atoms with Gasteiger partial charge in [-0.2, -0.15) is 5.26 Å². The van der Waals surface area contributed by atoms with Gasteiger partial charge in [0.25, 0.3) is 5.91 Å². The Morgan fingerprint density at radius 1 is 1.50 bits per heavy atom. The maximum atomic E-state index is 11.9. The van der Waals surface area contributed by atoms with Gasteiger partial charge in [0.05, 0.1) is 6.07 Å². The first kappa shape index (κ1) is 10.7. The van der Waals surface area contributed by atoms with Crippen LogP contribution in [-0.4, -0.2) is 13.0 Å². The van der Waals surface area contributed by atoms with E-state index >= 15 is 0 Å². The number of nitrogens with one attached hydrogen (secondary N) is 1. The van der Waals surface area contributed by atoms with Crippen LogP contribution in [0.3, 0.4) is 0 Å². The highest BCUT2D eigenvalue weighted by Crippen LogP contribution is 2.41. The minimum Gasteiger partial charge on any atom is -0.363 e. The van der Waals surface area contributed by atoms with Crippen molar-refractivity contribution in [1.29, 1.82) is 5.26 Å². The van der Waals surface area contributed by atoms with Crippen molar-refractivity contribution in [2.45, 2.75) is 18.4 Å². The molecule has 1 aliphatic heterocycles. The van der Waals surface area contributed by atoms with Gasteiger partial charge >= 0.3 is 0 Å². The van der Waals surface area contributed by atoms with E-state index in [4.69, 9.17) is 10.00 Å². The fourth-order valence-electron chi connectivity index (χ4n) is 2.07. The lowest BCUT2D eigenvalue weighted by molar-refractivity contribution is -0.138. The molecule has 0 aromatic heterocycles. The number of fused-ring (bicyclic) bond motifs is 1. The molecule has 0 saturated heterocycles. The van der Waals surface area contributed by atoms with Crippen molar-refractivity contribution in [2.75, 3.05) is 12.4 Å². The Morgan fingerprint density at radius 2 is 2.25 bits per heavy atom. The van der Waals surface area contributed by atoms with Crippen LogP contribution in [0, 0.1) is 11.3 Å². The average molecular weight is 216 g/mol. The van der Waals surface area contributed by atoms with Gasteiger partial charge < -0.3 is 10.1 Å². The number of amides is 1. The standard InChI is InChI=1S/C12H12N2O2/c1-16-12(7-4-8-13)9-5-2-3-6-10(9)14-11(12)15/h2-3,5-6H,4,7H2,1H3,(H,14,15). The minimum atomic E-state index is -0.994. The molecular formula is C12H12N2O2. The topological polar surface area (TPSA) is 62.1 Å². The van der Waals surface area contributed by atoms with Crippen LogP contribution < -0.4 is 5.32 Å². The number of ether oxygens (including phenoxy) is 1. The summed E-state index contributed by atoms with van der Waals surface area (Å²) in [7, 11) is 1.50. The number of carbonyl (C=O) groups is 1. The van der Waals surface area contributed by atoms with Gasteiger partial charge in [-0.15, -0.1) is 0 Å². The highest BCUT2D eigenvalue weighted by molar-refractivity contribution is 6.05. The molecule has 1 unspecified atom stereocenters. The van der Waals surface area contributed by atoms with Gasteiger partial charge in [0, 0.05) is 31.2 Å². The van der Waals surface area contributed by atoms with Gasteiger partial charge in [0.2, 0.25) is 0 Å². The van der Waals surface area contributed by atoms with Gasteiger partial charge in [-0.25, -0.2) is 0 Å². The molecule has 4 nitrogen and oxygen atoms in total. The molecule has 1 aromatic carbocycles. The Kier molecular flexibility index (Phi) is 2.63. The summed E-state index contributed by atoms with van der Waals surface area (Å²) in [4.78, 5) is 11.9. The zero-order valence-electron chi connectivity index (χ0n) is 8.99. The first-order valence-corrected chi connectivity index (χ1v) is 5.07. The molecule has 0 aliphatic carbocycles. The summed E-state index contributed by atoms with van der Waals surface area (Å²) in [6.07, 6.45) is 0.665. The maximum absolute atomic E-state index is 11.9. The number of hydrogen-bond donors (Lipinski definition) is 1. The number of nitriles is 1. The monoisotopic (exact) mass is 216 g/mol. The Morgan fingerprint density at radius 3 is 2.94 bits per heavy atom. The summed E-state index contributed by atoms with van der Waals surface area (Å²) in [5.41, 5.74) is 0.594. The molecule has 0 saturated carbocycles. The largest absolute Gasteiger partial charge is 0.363 e. The van der Waals surface area contributed by atoms with E-state index in [1.807, 2.05) is 30.3 Å². The van der Waals surface area contributed by atoms with Crippen molar-refractivity contribution in [3.63, 3.8) is 0 Å². The molecule has 0 bridgehead atoms. The van der Waals surface area contributed by atoms with Crippen LogP contribution in [0.4, 0.5) is 5.69 Å². The third kappa shape index (κ3) is 1.37. The Bertz CT molecular complexity index is 464. The molecular weight excluding hydrogens is 204 g/mol. The van der Waals surface area contributed by atoms with Gasteiger partial charge in [0.1, 0.15) is 0 Å². The smallest absolute Gasteiger partial charge is 0.261 e. The van der Waals surface area contributed by atoms with Crippen molar-refractivity contribution in [1.82, 2.24) is 0 Å². The third-order valence-corrected chi connectivity index (χ3v) is 2.91. The fraction of sp³-hybridized carbons (Fsp3) is 0.333. The highest BCUT2D eigenvalue weighted by Gasteiger charge is 2.46. The molecule has 1 aliphatic rings. The van der Waals surface area contributed by atoms with E-state index in [9.17, 15) is 4.79 Å².